The van der Waals surface area contributed by atoms with Gasteiger partial charge in [0.25, 0.3) is 0 Å². The van der Waals surface area contributed by atoms with Gasteiger partial charge in [-0.1, -0.05) is 36.4 Å². The van der Waals surface area contributed by atoms with Crippen molar-refractivity contribution in [2.45, 2.75) is 13.5 Å². The van der Waals surface area contributed by atoms with E-state index in [1.165, 1.54) is 10.8 Å². The summed E-state index contributed by atoms with van der Waals surface area (Å²) < 4.78 is 12.5. The van der Waals surface area contributed by atoms with Crippen molar-refractivity contribution >= 4 is 39.6 Å². The Hall–Kier alpha value is -2.08. The van der Waals surface area contributed by atoms with E-state index in [-0.39, 0.29) is 0 Å². The second-order valence-electron chi connectivity index (χ2n) is 5.35. The number of fused-ring (bicyclic) bond motifs is 1. The van der Waals surface area contributed by atoms with Crippen LogP contribution in [0.4, 0.5) is 0 Å². The standard InChI is InChI=1S/C20H17IO3/c1-2-23-19-11-15(12-22)10-18(21)20(19)24-13-14-7-8-16-5-3-4-6-17(16)9-14/h3-12H,2,13H2,1H3. The van der Waals surface area contributed by atoms with E-state index < -0.39 is 0 Å². The van der Waals surface area contributed by atoms with E-state index in [0.717, 1.165) is 15.4 Å². The fourth-order valence-corrected chi connectivity index (χ4v) is 3.32. The number of hydrogen-bond acceptors (Lipinski definition) is 3. The molecule has 122 valence electrons. The Morgan fingerprint density at radius 3 is 2.54 bits per heavy atom. The predicted molar refractivity (Wildman–Crippen MR) is 104 cm³/mol. The van der Waals surface area contributed by atoms with E-state index >= 15 is 0 Å². The van der Waals surface area contributed by atoms with Crippen LogP contribution < -0.4 is 9.47 Å². The lowest BCUT2D eigenvalue weighted by Crippen LogP contribution is -2.02. The van der Waals surface area contributed by atoms with E-state index in [4.69, 9.17) is 9.47 Å². The van der Waals surface area contributed by atoms with Crippen molar-refractivity contribution in [1.82, 2.24) is 0 Å². The first-order valence-corrected chi connectivity index (χ1v) is 8.81. The molecule has 0 fully saturated rings. The molecule has 0 saturated carbocycles. The van der Waals surface area contributed by atoms with Crippen LogP contribution in [0.2, 0.25) is 0 Å². The first kappa shape index (κ1) is 16.8. The van der Waals surface area contributed by atoms with Crippen LogP contribution >= 0.6 is 22.6 Å². The summed E-state index contributed by atoms with van der Waals surface area (Å²) >= 11 is 2.17. The highest BCUT2D eigenvalue weighted by atomic mass is 127. The molecule has 0 spiro atoms. The van der Waals surface area contributed by atoms with Gasteiger partial charge in [0.05, 0.1) is 10.2 Å². The lowest BCUT2D eigenvalue weighted by molar-refractivity contribution is 0.112. The van der Waals surface area contributed by atoms with Crippen LogP contribution in [0, 0.1) is 3.57 Å². The molecule has 0 radical (unpaired) electrons. The Morgan fingerprint density at radius 1 is 1.00 bits per heavy atom. The van der Waals surface area contributed by atoms with Crippen LogP contribution in [-0.4, -0.2) is 12.9 Å². The molecule has 0 saturated heterocycles. The molecular weight excluding hydrogens is 415 g/mol. The SMILES string of the molecule is CCOc1cc(C=O)cc(I)c1OCc1ccc2ccccc2c1. The third-order valence-corrected chi connectivity index (χ3v) is 4.47. The minimum atomic E-state index is 0.446. The van der Waals surface area contributed by atoms with Crippen molar-refractivity contribution in [3.8, 4) is 11.5 Å². The first-order chi connectivity index (χ1) is 11.7. The molecule has 24 heavy (non-hydrogen) atoms. The lowest BCUT2D eigenvalue weighted by atomic mass is 10.1. The first-order valence-electron chi connectivity index (χ1n) is 7.73. The zero-order valence-corrected chi connectivity index (χ0v) is 15.4. The second kappa shape index (κ2) is 7.66. The number of benzene rings is 3. The van der Waals surface area contributed by atoms with Gasteiger partial charge in [-0.15, -0.1) is 0 Å². The van der Waals surface area contributed by atoms with Crippen LogP contribution in [0.3, 0.4) is 0 Å². The van der Waals surface area contributed by atoms with Gasteiger partial charge in [-0.25, -0.2) is 0 Å². The van der Waals surface area contributed by atoms with Crippen molar-refractivity contribution in [3.63, 3.8) is 0 Å². The van der Waals surface area contributed by atoms with Gasteiger partial charge < -0.3 is 9.47 Å². The van der Waals surface area contributed by atoms with E-state index in [2.05, 4.69) is 52.9 Å². The zero-order valence-electron chi connectivity index (χ0n) is 13.3. The summed E-state index contributed by atoms with van der Waals surface area (Å²) in [5.74, 6) is 1.28. The van der Waals surface area contributed by atoms with Crippen molar-refractivity contribution in [1.29, 1.82) is 0 Å². The molecule has 4 heteroatoms. The Morgan fingerprint density at radius 2 is 1.79 bits per heavy atom. The molecule has 0 aliphatic carbocycles. The van der Waals surface area contributed by atoms with Gasteiger partial charge in [-0.2, -0.15) is 0 Å². The Balaban J connectivity index is 1.85. The van der Waals surface area contributed by atoms with E-state index in [1.807, 2.05) is 19.1 Å². The van der Waals surface area contributed by atoms with Crippen molar-refractivity contribution in [2.75, 3.05) is 6.61 Å². The van der Waals surface area contributed by atoms with Gasteiger partial charge in [0.1, 0.15) is 12.9 Å². The molecule has 0 heterocycles. The summed E-state index contributed by atoms with van der Waals surface area (Å²) in [7, 11) is 0. The van der Waals surface area contributed by atoms with Gasteiger partial charge in [0, 0.05) is 5.56 Å². The zero-order chi connectivity index (χ0) is 16.9. The molecule has 0 N–H and O–H groups in total. The molecule has 0 aromatic heterocycles. The smallest absolute Gasteiger partial charge is 0.175 e. The molecule has 0 unspecified atom stereocenters. The highest BCUT2D eigenvalue weighted by molar-refractivity contribution is 14.1. The Kier molecular flexibility index (Phi) is 5.35. The van der Waals surface area contributed by atoms with E-state index in [1.54, 1.807) is 12.1 Å². The topological polar surface area (TPSA) is 35.5 Å². The van der Waals surface area contributed by atoms with Crippen LogP contribution in [0.5, 0.6) is 11.5 Å². The largest absolute Gasteiger partial charge is 0.490 e. The van der Waals surface area contributed by atoms with Crippen LogP contribution in [0.25, 0.3) is 10.8 Å². The number of aldehydes is 1. The number of hydrogen-bond donors (Lipinski definition) is 0. The molecule has 0 aliphatic heterocycles. The summed E-state index contributed by atoms with van der Waals surface area (Å²) in [6.45, 7) is 2.87. The molecule has 0 aliphatic rings. The van der Waals surface area contributed by atoms with Gasteiger partial charge in [0.15, 0.2) is 11.5 Å². The second-order valence-corrected chi connectivity index (χ2v) is 6.51. The monoisotopic (exact) mass is 432 g/mol. The Bertz CT molecular complexity index is 874. The van der Waals surface area contributed by atoms with E-state index in [0.29, 0.717) is 30.3 Å². The van der Waals surface area contributed by atoms with Crippen LogP contribution in [0.15, 0.2) is 54.6 Å². The minimum absolute atomic E-state index is 0.446. The van der Waals surface area contributed by atoms with Gasteiger partial charge in [0.2, 0.25) is 0 Å². The summed E-state index contributed by atoms with van der Waals surface area (Å²) in [5.41, 5.74) is 1.67. The van der Waals surface area contributed by atoms with Gasteiger partial charge in [-0.05, 0) is 64.0 Å². The normalized spacial score (nSPS) is 10.6. The van der Waals surface area contributed by atoms with Crippen molar-refractivity contribution in [3.05, 3.63) is 69.3 Å². The quantitative estimate of drug-likeness (QED) is 0.395. The van der Waals surface area contributed by atoms with Gasteiger partial charge >= 0.3 is 0 Å². The fraction of sp³-hybridized carbons (Fsp3) is 0.150. The number of rotatable bonds is 6. The molecule has 3 nitrogen and oxygen atoms in total. The summed E-state index contributed by atoms with van der Waals surface area (Å²) in [6.07, 6.45) is 0.817. The third kappa shape index (κ3) is 3.70. The maximum atomic E-state index is 11.0. The molecule has 0 amide bonds. The highest BCUT2D eigenvalue weighted by Crippen LogP contribution is 2.34. The fourth-order valence-electron chi connectivity index (χ4n) is 2.54. The molecule has 3 aromatic carbocycles. The summed E-state index contributed by atoms with van der Waals surface area (Å²) in [5, 5.41) is 2.40. The van der Waals surface area contributed by atoms with Gasteiger partial charge in [-0.3, -0.25) is 4.79 Å². The molecule has 3 aromatic rings. The number of carbonyl (C=O) groups excluding carboxylic acids is 1. The number of halogens is 1. The summed E-state index contributed by atoms with van der Waals surface area (Å²) in [4.78, 5) is 11.0. The Labute approximate surface area is 154 Å². The van der Waals surface area contributed by atoms with E-state index in [9.17, 15) is 4.79 Å². The molecule has 3 rings (SSSR count). The summed E-state index contributed by atoms with van der Waals surface area (Å²) in [6, 6.07) is 18.0. The van der Waals surface area contributed by atoms with Crippen LogP contribution in [-0.2, 0) is 6.61 Å². The predicted octanol–water partition coefficient (Wildman–Crippen LogP) is 5.23. The lowest BCUT2D eigenvalue weighted by Gasteiger charge is -2.14. The molecule has 0 atom stereocenters. The molecular formula is C20H17IO3. The number of carbonyl (C=O) groups is 1. The highest BCUT2D eigenvalue weighted by Gasteiger charge is 2.12. The maximum absolute atomic E-state index is 11.0. The average Bonchev–Trinajstić information content (AvgIpc) is 2.61. The minimum Gasteiger partial charge on any atom is -0.490 e. The maximum Gasteiger partial charge on any atom is 0.175 e. The third-order valence-electron chi connectivity index (χ3n) is 3.66. The number of ether oxygens (including phenoxy) is 2. The van der Waals surface area contributed by atoms with Crippen LogP contribution in [0.1, 0.15) is 22.8 Å². The average molecular weight is 432 g/mol. The van der Waals surface area contributed by atoms with Crippen molar-refractivity contribution < 1.29 is 14.3 Å². The molecule has 0 bridgehead atoms. The van der Waals surface area contributed by atoms with Crippen molar-refractivity contribution in [2.24, 2.45) is 0 Å².